The zero-order valence-electron chi connectivity index (χ0n) is 18.5. The molecule has 0 atom stereocenters. The predicted octanol–water partition coefficient (Wildman–Crippen LogP) is 4.96. The van der Waals surface area contributed by atoms with Gasteiger partial charge in [-0.25, -0.2) is 14.6 Å². The van der Waals surface area contributed by atoms with E-state index in [1.165, 1.54) is 18.4 Å². The van der Waals surface area contributed by atoms with Gasteiger partial charge in [-0.1, -0.05) is 23.2 Å². The van der Waals surface area contributed by atoms with Crippen LogP contribution in [0.4, 0.5) is 11.6 Å². The summed E-state index contributed by atoms with van der Waals surface area (Å²) >= 11 is 13.3. The summed E-state index contributed by atoms with van der Waals surface area (Å²) in [6.45, 7) is 6.12. The molecule has 2 aliphatic carbocycles. The Bertz CT molecular complexity index is 1260. The molecule has 3 aromatic rings. The van der Waals surface area contributed by atoms with E-state index in [0.29, 0.717) is 17.0 Å². The summed E-state index contributed by atoms with van der Waals surface area (Å²) in [5.41, 5.74) is 3.23. The zero-order valence-corrected chi connectivity index (χ0v) is 20.0. The Balaban J connectivity index is 1.12. The number of ether oxygens (including phenoxy) is 1. The van der Waals surface area contributed by atoms with Gasteiger partial charge in [0.05, 0.1) is 41.7 Å². The summed E-state index contributed by atoms with van der Waals surface area (Å²) in [7, 11) is 0. The van der Waals surface area contributed by atoms with Crippen LogP contribution in [0.25, 0.3) is 10.9 Å². The van der Waals surface area contributed by atoms with Crippen molar-refractivity contribution in [1.82, 2.24) is 24.6 Å². The molecule has 0 radical (unpaired) electrons. The molecule has 2 aliphatic heterocycles. The zero-order chi connectivity index (χ0) is 22.4. The standard InChI is InChI=1S/C24H26Cl2N6O/c1-23(12-33-13-23)31-4-2-14(3-5-31)17-7-19-15(6-18(17)25)10-27-22(29-19)30-20-11-28-32(21(20)26)24-8-16(24)9-24/h6-7,10-11,14,16H,2-5,8-9,12-13H2,1H3,(H,27,29,30). The number of hydrogen-bond donors (Lipinski definition) is 1. The van der Waals surface area contributed by atoms with Gasteiger partial charge in [-0.05, 0) is 75.2 Å². The molecule has 172 valence electrons. The topological polar surface area (TPSA) is 68.1 Å². The van der Waals surface area contributed by atoms with Crippen LogP contribution < -0.4 is 5.32 Å². The van der Waals surface area contributed by atoms with Crippen molar-refractivity contribution < 1.29 is 4.74 Å². The maximum Gasteiger partial charge on any atom is 0.227 e. The molecule has 0 spiro atoms. The highest BCUT2D eigenvalue weighted by atomic mass is 35.5. The van der Waals surface area contributed by atoms with Crippen molar-refractivity contribution >= 4 is 45.7 Å². The number of fused-ring (bicyclic) bond motifs is 2. The minimum Gasteiger partial charge on any atom is -0.377 e. The lowest BCUT2D eigenvalue weighted by atomic mass is 9.86. The second-order valence-electron chi connectivity index (χ2n) is 10.5. The van der Waals surface area contributed by atoms with Crippen LogP contribution in [0.2, 0.25) is 10.2 Å². The van der Waals surface area contributed by atoms with E-state index in [9.17, 15) is 0 Å². The third kappa shape index (κ3) is 3.20. The Kier molecular flexibility index (Phi) is 4.36. The van der Waals surface area contributed by atoms with E-state index >= 15 is 0 Å². The summed E-state index contributed by atoms with van der Waals surface area (Å²) in [4.78, 5) is 11.8. The minimum absolute atomic E-state index is 0.200. The second kappa shape index (κ2) is 7.04. The van der Waals surface area contributed by atoms with Gasteiger partial charge < -0.3 is 10.1 Å². The van der Waals surface area contributed by atoms with E-state index in [1.807, 2.05) is 16.9 Å². The monoisotopic (exact) mass is 484 g/mol. The van der Waals surface area contributed by atoms with Gasteiger partial charge >= 0.3 is 0 Å². The van der Waals surface area contributed by atoms with Crippen LogP contribution in [0.15, 0.2) is 24.5 Å². The van der Waals surface area contributed by atoms with Crippen molar-refractivity contribution in [3.8, 4) is 0 Å². The normalized spacial score (nSPS) is 28.4. The van der Waals surface area contributed by atoms with Crippen molar-refractivity contribution in [3.63, 3.8) is 0 Å². The predicted molar refractivity (Wildman–Crippen MR) is 129 cm³/mol. The number of benzene rings is 1. The first-order valence-corrected chi connectivity index (χ1v) is 12.5. The third-order valence-corrected chi connectivity index (χ3v) is 8.93. The molecule has 0 bridgehead atoms. The molecule has 0 unspecified atom stereocenters. The van der Waals surface area contributed by atoms with E-state index in [2.05, 4.69) is 33.3 Å². The van der Waals surface area contributed by atoms with E-state index < -0.39 is 0 Å². The van der Waals surface area contributed by atoms with Crippen LogP contribution in [0.1, 0.15) is 44.1 Å². The average Bonchev–Trinajstić information content (AvgIpc) is 3.64. The number of anilines is 2. The molecule has 0 amide bonds. The third-order valence-electron chi connectivity index (χ3n) is 8.24. The fourth-order valence-corrected chi connectivity index (χ4v) is 6.26. The van der Waals surface area contributed by atoms with E-state index in [4.69, 9.17) is 32.9 Å². The van der Waals surface area contributed by atoms with Crippen molar-refractivity contribution in [3.05, 3.63) is 40.3 Å². The molecular weight excluding hydrogens is 459 g/mol. The number of likely N-dealkylation sites (tertiary alicyclic amines) is 1. The van der Waals surface area contributed by atoms with Crippen LogP contribution >= 0.6 is 23.2 Å². The molecular formula is C24H26Cl2N6O. The molecule has 4 heterocycles. The summed E-state index contributed by atoms with van der Waals surface area (Å²) < 4.78 is 7.42. The first kappa shape index (κ1) is 20.4. The molecule has 33 heavy (non-hydrogen) atoms. The molecule has 7 rings (SSSR count). The summed E-state index contributed by atoms with van der Waals surface area (Å²) in [6, 6.07) is 4.13. The fourth-order valence-electron chi connectivity index (χ4n) is 5.62. The van der Waals surface area contributed by atoms with E-state index in [-0.39, 0.29) is 11.1 Å². The summed E-state index contributed by atoms with van der Waals surface area (Å²) in [5, 5.41) is 10.1. The quantitative estimate of drug-likeness (QED) is 0.551. The lowest BCUT2D eigenvalue weighted by Gasteiger charge is -2.50. The molecule has 2 saturated carbocycles. The van der Waals surface area contributed by atoms with Crippen molar-refractivity contribution in [2.45, 2.75) is 49.6 Å². The Morgan fingerprint density at radius 3 is 2.55 bits per heavy atom. The van der Waals surface area contributed by atoms with Crippen molar-refractivity contribution in [2.75, 3.05) is 31.6 Å². The first-order chi connectivity index (χ1) is 16.0. The maximum atomic E-state index is 6.71. The van der Waals surface area contributed by atoms with Gasteiger partial charge in [-0.2, -0.15) is 5.10 Å². The number of halogens is 2. The van der Waals surface area contributed by atoms with Crippen LogP contribution in [0.3, 0.4) is 0 Å². The van der Waals surface area contributed by atoms with Gasteiger partial charge in [-0.15, -0.1) is 0 Å². The molecule has 2 aromatic heterocycles. The molecule has 4 aliphatic rings. The SMILES string of the molecule is CC1(N2CCC(c3cc4nc(Nc5cnn(C67CC6C7)c5Cl)ncc4cc3Cl)CC2)COC1. The maximum absolute atomic E-state index is 6.71. The smallest absolute Gasteiger partial charge is 0.227 e. The van der Waals surface area contributed by atoms with E-state index in [0.717, 1.165) is 66.7 Å². The van der Waals surface area contributed by atoms with Crippen LogP contribution in [0.5, 0.6) is 0 Å². The number of piperidine rings is 1. The summed E-state index contributed by atoms with van der Waals surface area (Å²) in [6.07, 6.45) is 8.15. The van der Waals surface area contributed by atoms with Gasteiger partial charge in [0.15, 0.2) is 5.15 Å². The number of nitrogens with zero attached hydrogens (tertiary/aromatic N) is 5. The van der Waals surface area contributed by atoms with Crippen LogP contribution in [-0.4, -0.2) is 56.5 Å². The van der Waals surface area contributed by atoms with Crippen LogP contribution in [-0.2, 0) is 10.3 Å². The Labute approximate surface area is 202 Å². The van der Waals surface area contributed by atoms with Gasteiger partial charge in [0, 0.05) is 16.6 Å². The molecule has 1 N–H and O–H groups in total. The average molecular weight is 485 g/mol. The first-order valence-electron chi connectivity index (χ1n) is 11.8. The fraction of sp³-hybridized carbons (Fsp3) is 0.542. The number of rotatable bonds is 5. The number of nitrogens with one attached hydrogen (secondary N) is 1. The van der Waals surface area contributed by atoms with Gasteiger partial charge in [0.2, 0.25) is 5.95 Å². The lowest BCUT2D eigenvalue weighted by Crippen LogP contribution is -2.61. The highest BCUT2D eigenvalue weighted by Crippen LogP contribution is 2.73. The largest absolute Gasteiger partial charge is 0.377 e. The van der Waals surface area contributed by atoms with E-state index in [1.54, 1.807) is 6.20 Å². The lowest BCUT2D eigenvalue weighted by molar-refractivity contribution is -0.136. The van der Waals surface area contributed by atoms with Gasteiger partial charge in [0.1, 0.15) is 0 Å². The molecule has 9 heteroatoms. The van der Waals surface area contributed by atoms with Gasteiger partial charge in [0.25, 0.3) is 0 Å². The Morgan fingerprint density at radius 1 is 1.12 bits per heavy atom. The van der Waals surface area contributed by atoms with Crippen molar-refractivity contribution in [1.29, 1.82) is 0 Å². The number of hydrogen-bond acceptors (Lipinski definition) is 6. The molecule has 4 fully saturated rings. The van der Waals surface area contributed by atoms with Gasteiger partial charge in [-0.3, -0.25) is 4.90 Å². The molecule has 1 aromatic carbocycles. The second-order valence-corrected chi connectivity index (χ2v) is 11.2. The van der Waals surface area contributed by atoms with Crippen molar-refractivity contribution in [2.24, 2.45) is 5.92 Å². The summed E-state index contributed by atoms with van der Waals surface area (Å²) in [5.74, 6) is 1.72. The molecule has 7 nitrogen and oxygen atoms in total. The Hall–Kier alpha value is -1.93. The number of aromatic nitrogens is 4. The minimum atomic E-state index is 0.200. The van der Waals surface area contributed by atoms with Crippen LogP contribution in [0, 0.1) is 5.92 Å². The molecule has 2 saturated heterocycles. The highest BCUT2D eigenvalue weighted by molar-refractivity contribution is 6.32. The Morgan fingerprint density at radius 2 is 1.88 bits per heavy atom. The highest BCUT2D eigenvalue weighted by Gasteiger charge is 2.72.